The van der Waals surface area contributed by atoms with Crippen molar-refractivity contribution in [2.45, 2.75) is 26.3 Å². The number of aliphatic imine (C=N–C) groups is 1. The van der Waals surface area contributed by atoms with Crippen molar-refractivity contribution in [1.82, 2.24) is 15.5 Å². The second kappa shape index (κ2) is 13.2. The van der Waals surface area contributed by atoms with Gasteiger partial charge >= 0.3 is 0 Å². The third-order valence-electron chi connectivity index (χ3n) is 5.39. The molecule has 8 heteroatoms. The van der Waals surface area contributed by atoms with Gasteiger partial charge in [0.15, 0.2) is 5.96 Å². The fourth-order valence-corrected chi connectivity index (χ4v) is 4.78. The molecule has 3 rings (SSSR count). The number of benzene rings is 1. The maximum Gasteiger partial charge on any atom is 0.191 e. The maximum absolute atomic E-state index is 5.56. The Labute approximate surface area is 207 Å². The minimum atomic E-state index is 0. The molecule has 1 aromatic heterocycles. The van der Waals surface area contributed by atoms with Crippen molar-refractivity contribution in [3.63, 3.8) is 0 Å². The van der Waals surface area contributed by atoms with Crippen LogP contribution in [0, 0.1) is 13.8 Å². The van der Waals surface area contributed by atoms with E-state index in [-0.39, 0.29) is 24.0 Å². The molecular formula is C23H35IN4O2S. The first kappa shape index (κ1) is 25.9. The van der Waals surface area contributed by atoms with Gasteiger partial charge in [0.1, 0.15) is 5.75 Å². The van der Waals surface area contributed by atoms with Gasteiger partial charge in [0.25, 0.3) is 0 Å². The highest BCUT2D eigenvalue weighted by Gasteiger charge is 2.24. The van der Waals surface area contributed by atoms with Crippen molar-refractivity contribution >= 4 is 41.3 Å². The summed E-state index contributed by atoms with van der Waals surface area (Å²) in [6, 6.07) is 11.1. The summed E-state index contributed by atoms with van der Waals surface area (Å²) in [5.41, 5.74) is 2.45. The third kappa shape index (κ3) is 7.62. The molecular weight excluding hydrogens is 523 g/mol. The van der Waals surface area contributed by atoms with Gasteiger partial charge in [-0.25, -0.2) is 0 Å². The van der Waals surface area contributed by atoms with Crippen molar-refractivity contribution in [3.8, 4) is 5.75 Å². The number of guanidine groups is 1. The Balaban J connectivity index is 0.00000341. The molecule has 0 radical (unpaired) electrons. The molecule has 2 aromatic rings. The van der Waals surface area contributed by atoms with E-state index in [1.54, 1.807) is 7.11 Å². The lowest BCUT2D eigenvalue weighted by atomic mass is 10.1. The predicted molar refractivity (Wildman–Crippen MR) is 140 cm³/mol. The normalized spacial score (nSPS) is 15.8. The van der Waals surface area contributed by atoms with Crippen LogP contribution in [0.3, 0.4) is 0 Å². The van der Waals surface area contributed by atoms with E-state index in [2.05, 4.69) is 58.6 Å². The van der Waals surface area contributed by atoms with Crippen molar-refractivity contribution < 1.29 is 9.47 Å². The molecule has 0 amide bonds. The van der Waals surface area contributed by atoms with Crippen LogP contribution in [0.25, 0.3) is 0 Å². The molecule has 1 fully saturated rings. The van der Waals surface area contributed by atoms with Crippen LogP contribution in [0.15, 0.2) is 35.3 Å². The monoisotopic (exact) mass is 558 g/mol. The summed E-state index contributed by atoms with van der Waals surface area (Å²) in [6.45, 7) is 9.39. The van der Waals surface area contributed by atoms with Gasteiger partial charge in [0, 0.05) is 43.0 Å². The minimum absolute atomic E-state index is 0. The van der Waals surface area contributed by atoms with E-state index in [1.807, 2.05) is 24.5 Å². The zero-order chi connectivity index (χ0) is 21.3. The second-order valence-corrected chi connectivity index (χ2v) is 8.88. The van der Waals surface area contributed by atoms with Crippen LogP contribution in [0.5, 0.6) is 5.75 Å². The number of nitrogens with zero attached hydrogens (tertiary/aromatic N) is 2. The summed E-state index contributed by atoms with van der Waals surface area (Å²) in [5, 5.41) is 6.98. The highest BCUT2D eigenvalue weighted by atomic mass is 127. The lowest BCUT2D eigenvalue weighted by molar-refractivity contribution is 0.0177. The summed E-state index contributed by atoms with van der Waals surface area (Å²) >= 11 is 1.87. The highest BCUT2D eigenvalue weighted by molar-refractivity contribution is 14.0. The van der Waals surface area contributed by atoms with Crippen molar-refractivity contribution in [1.29, 1.82) is 0 Å². The zero-order valence-corrected chi connectivity index (χ0v) is 22.1. The van der Waals surface area contributed by atoms with Gasteiger partial charge in [-0.3, -0.25) is 9.89 Å². The van der Waals surface area contributed by atoms with E-state index in [0.717, 1.165) is 57.5 Å². The van der Waals surface area contributed by atoms with Gasteiger partial charge in [-0.15, -0.1) is 35.3 Å². The lowest BCUT2D eigenvalue weighted by Gasteiger charge is -2.34. The Morgan fingerprint density at radius 2 is 1.97 bits per heavy atom. The molecule has 1 aliphatic heterocycles. The van der Waals surface area contributed by atoms with E-state index in [0.29, 0.717) is 6.04 Å². The van der Waals surface area contributed by atoms with Crippen molar-refractivity contribution in [2.75, 3.05) is 53.6 Å². The smallest absolute Gasteiger partial charge is 0.191 e. The van der Waals surface area contributed by atoms with Crippen LogP contribution in [-0.2, 0) is 11.2 Å². The number of hydrogen-bond donors (Lipinski definition) is 2. The molecule has 0 saturated carbocycles. The van der Waals surface area contributed by atoms with Crippen molar-refractivity contribution in [2.24, 2.45) is 4.99 Å². The number of halogens is 1. The lowest BCUT2D eigenvalue weighted by Crippen LogP contribution is -2.46. The number of hydrogen-bond acceptors (Lipinski definition) is 5. The van der Waals surface area contributed by atoms with E-state index in [1.165, 1.54) is 20.9 Å². The first-order chi connectivity index (χ1) is 14.6. The molecule has 1 unspecified atom stereocenters. The third-order valence-corrected chi connectivity index (χ3v) is 6.49. The Morgan fingerprint density at radius 1 is 1.19 bits per heavy atom. The molecule has 1 aliphatic rings. The molecule has 2 heterocycles. The molecule has 6 nitrogen and oxygen atoms in total. The Kier molecular flexibility index (Phi) is 11.1. The number of rotatable bonds is 8. The molecule has 0 aliphatic carbocycles. The van der Waals surface area contributed by atoms with Gasteiger partial charge in [-0.2, -0.15) is 0 Å². The standard InChI is InChI=1S/C23H34N4O2S.HI/c1-17-5-7-21(28-4)19(15-17)9-10-25-23(24-3)26-16-20(22-8-6-18(2)30-22)27-11-13-29-14-12-27;/h5-8,15,20H,9-14,16H2,1-4H3,(H2,24,25,26);1H. The van der Waals surface area contributed by atoms with Gasteiger partial charge in [0.05, 0.1) is 26.4 Å². The van der Waals surface area contributed by atoms with Gasteiger partial charge in [-0.05, 0) is 44.0 Å². The molecule has 0 spiro atoms. The van der Waals surface area contributed by atoms with E-state index < -0.39 is 0 Å². The molecule has 2 N–H and O–H groups in total. The quantitative estimate of drug-likeness (QED) is 0.294. The zero-order valence-electron chi connectivity index (χ0n) is 18.9. The number of methoxy groups -OCH3 is 1. The molecule has 172 valence electrons. The fourth-order valence-electron chi connectivity index (χ4n) is 3.76. The largest absolute Gasteiger partial charge is 0.496 e. The second-order valence-electron chi connectivity index (χ2n) is 7.56. The van der Waals surface area contributed by atoms with E-state index in [9.17, 15) is 0 Å². The topological polar surface area (TPSA) is 58.1 Å². The van der Waals surface area contributed by atoms with Crippen LogP contribution >= 0.6 is 35.3 Å². The summed E-state index contributed by atoms with van der Waals surface area (Å²) in [6.07, 6.45) is 0.878. The number of aryl methyl sites for hydroxylation is 2. The summed E-state index contributed by atoms with van der Waals surface area (Å²) < 4.78 is 11.0. The van der Waals surface area contributed by atoms with Crippen LogP contribution in [0.2, 0.25) is 0 Å². The van der Waals surface area contributed by atoms with Gasteiger partial charge in [0.2, 0.25) is 0 Å². The molecule has 1 aromatic carbocycles. The minimum Gasteiger partial charge on any atom is -0.496 e. The summed E-state index contributed by atoms with van der Waals surface area (Å²) in [4.78, 5) is 9.66. The number of ether oxygens (including phenoxy) is 2. The average molecular weight is 559 g/mol. The average Bonchev–Trinajstić information content (AvgIpc) is 3.19. The van der Waals surface area contributed by atoms with E-state index >= 15 is 0 Å². The highest BCUT2D eigenvalue weighted by Crippen LogP contribution is 2.28. The van der Waals surface area contributed by atoms with Gasteiger partial charge < -0.3 is 20.1 Å². The Bertz CT molecular complexity index is 837. The van der Waals surface area contributed by atoms with Crippen LogP contribution in [0.1, 0.15) is 26.9 Å². The SMILES string of the molecule is CN=C(NCCc1cc(C)ccc1OC)NCC(c1ccc(C)s1)N1CCOCC1.I. The van der Waals surface area contributed by atoms with E-state index in [4.69, 9.17) is 9.47 Å². The van der Waals surface area contributed by atoms with Crippen LogP contribution < -0.4 is 15.4 Å². The van der Waals surface area contributed by atoms with Gasteiger partial charge in [-0.1, -0.05) is 17.7 Å². The summed E-state index contributed by atoms with van der Waals surface area (Å²) in [7, 11) is 3.54. The van der Waals surface area contributed by atoms with Crippen LogP contribution in [-0.4, -0.2) is 64.4 Å². The first-order valence-corrected chi connectivity index (χ1v) is 11.4. The predicted octanol–water partition coefficient (Wildman–Crippen LogP) is 3.77. The summed E-state index contributed by atoms with van der Waals surface area (Å²) in [5.74, 6) is 1.76. The molecule has 31 heavy (non-hydrogen) atoms. The Hall–Kier alpha value is -1.36. The fraction of sp³-hybridized carbons (Fsp3) is 0.522. The number of morpholine rings is 1. The maximum atomic E-state index is 5.56. The van der Waals surface area contributed by atoms with Crippen LogP contribution in [0.4, 0.5) is 0 Å². The molecule has 0 bridgehead atoms. The first-order valence-electron chi connectivity index (χ1n) is 10.6. The number of nitrogens with one attached hydrogen (secondary N) is 2. The Morgan fingerprint density at radius 3 is 2.61 bits per heavy atom. The molecule has 1 saturated heterocycles. The molecule has 1 atom stereocenters. The van der Waals surface area contributed by atoms with Crippen molar-refractivity contribution in [3.05, 3.63) is 51.2 Å². The number of thiophene rings is 1.